The molecule has 2 heterocycles. The number of thiazole rings is 1. The van der Waals surface area contributed by atoms with Gasteiger partial charge in [-0.05, 0) is 48.9 Å². The van der Waals surface area contributed by atoms with E-state index in [0.29, 0.717) is 26.5 Å². The van der Waals surface area contributed by atoms with E-state index in [1.165, 1.54) is 11.3 Å². The van der Waals surface area contributed by atoms with Crippen molar-refractivity contribution in [3.63, 3.8) is 0 Å². The number of aromatic nitrogens is 1. The van der Waals surface area contributed by atoms with Gasteiger partial charge in [-0.2, -0.15) is 0 Å². The predicted molar refractivity (Wildman–Crippen MR) is 106 cm³/mol. The van der Waals surface area contributed by atoms with Gasteiger partial charge in [0.15, 0.2) is 10.9 Å². The molecule has 4 nitrogen and oxygen atoms in total. The number of anilines is 1. The Bertz CT molecular complexity index is 1130. The number of hydrogen-bond acceptors (Lipinski definition) is 4. The van der Waals surface area contributed by atoms with Crippen LogP contribution in [-0.2, 0) is 0 Å². The van der Waals surface area contributed by atoms with Crippen LogP contribution >= 0.6 is 34.5 Å². The van der Waals surface area contributed by atoms with Gasteiger partial charge < -0.3 is 4.42 Å². The minimum atomic E-state index is -0.370. The number of nitrogens with zero attached hydrogens (tertiary/aromatic N) is 1. The second-order valence-corrected chi connectivity index (χ2v) is 7.53. The van der Waals surface area contributed by atoms with E-state index in [4.69, 9.17) is 27.6 Å². The van der Waals surface area contributed by atoms with Crippen LogP contribution in [0.3, 0.4) is 0 Å². The third-order valence-corrected chi connectivity index (χ3v) is 5.56. The number of hydrogen-bond donors (Lipinski definition) is 1. The van der Waals surface area contributed by atoms with Crippen molar-refractivity contribution >= 4 is 55.8 Å². The van der Waals surface area contributed by atoms with Gasteiger partial charge in [-0.1, -0.05) is 46.7 Å². The topological polar surface area (TPSA) is 55.1 Å². The molecule has 0 spiro atoms. The van der Waals surface area contributed by atoms with Gasteiger partial charge in [0.25, 0.3) is 5.91 Å². The zero-order chi connectivity index (χ0) is 18.3. The second-order valence-electron chi connectivity index (χ2n) is 5.71. The maximum Gasteiger partial charge on any atom is 0.293 e. The molecule has 26 heavy (non-hydrogen) atoms. The first-order valence-electron chi connectivity index (χ1n) is 7.74. The van der Waals surface area contributed by atoms with Gasteiger partial charge in [0.1, 0.15) is 5.76 Å². The molecule has 1 amide bonds. The molecule has 0 atom stereocenters. The predicted octanol–water partition coefficient (Wildman–Crippen LogP) is 6.42. The average molecular weight is 403 g/mol. The number of benzene rings is 2. The minimum Gasteiger partial charge on any atom is -0.451 e. The Labute approximate surface area is 163 Å². The van der Waals surface area contributed by atoms with E-state index in [1.54, 1.807) is 30.3 Å². The molecule has 0 aliphatic rings. The molecular weight excluding hydrogens is 391 g/mol. The van der Waals surface area contributed by atoms with Gasteiger partial charge in [0, 0.05) is 5.56 Å². The summed E-state index contributed by atoms with van der Waals surface area (Å²) in [5.41, 5.74) is 2.63. The van der Waals surface area contributed by atoms with Gasteiger partial charge in [0.05, 0.1) is 20.3 Å². The molecule has 4 aromatic rings. The monoisotopic (exact) mass is 402 g/mol. The lowest BCUT2D eigenvalue weighted by Gasteiger charge is -2.02. The lowest BCUT2D eigenvalue weighted by atomic mass is 10.2. The molecule has 2 aromatic heterocycles. The van der Waals surface area contributed by atoms with E-state index < -0.39 is 0 Å². The van der Waals surface area contributed by atoms with Gasteiger partial charge in [0.2, 0.25) is 0 Å². The minimum absolute atomic E-state index is 0.173. The lowest BCUT2D eigenvalue weighted by molar-refractivity contribution is 0.0997. The normalized spacial score (nSPS) is 11.0. The molecule has 2 aromatic carbocycles. The summed E-state index contributed by atoms with van der Waals surface area (Å²) in [5.74, 6) is 0.277. The van der Waals surface area contributed by atoms with Crippen molar-refractivity contribution in [1.29, 1.82) is 0 Å². The summed E-state index contributed by atoms with van der Waals surface area (Å²) in [7, 11) is 0. The molecule has 7 heteroatoms. The summed E-state index contributed by atoms with van der Waals surface area (Å²) in [6.07, 6.45) is 0. The average Bonchev–Trinajstić information content (AvgIpc) is 3.23. The zero-order valence-electron chi connectivity index (χ0n) is 13.5. The molecule has 0 saturated carbocycles. The number of rotatable bonds is 3. The summed E-state index contributed by atoms with van der Waals surface area (Å²) < 4.78 is 6.67. The first kappa shape index (κ1) is 17.1. The van der Waals surface area contributed by atoms with Crippen molar-refractivity contribution in [2.24, 2.45) is 0 Å². The third-order valence-electron chi connectivity index (χ3n) is 3.81. The molecule has 1 N–H and O–H groups in total. The molecule has 0 bridgehead atoms. The Morgan fingerprint density at radius 1 is 1.15 bits per heavy atom. The summed E-state index contributed by atoms with van der Waals surface area (Å²) >= 11 is 13.7. The Hall–Kier alpha value is -2.34. The number of nitrogens with one attached hydrogen (secondary N) is 1. The molecule has 0 saturated heterocycles. The molecule has 130 valence electrons. The summed E-state index contributed by atoms with van der Waals surface area (Å²) in [5, 5.41) is 4.11. The lowest BCUT2D eigenvalue weighted by Crippen LogP contribution is -2.10. The van der Waals surface area contributed by atoms with Crippen LogP contribution in [0, 0.1) is 6.92 Å². The highest BCUT2D eigenvalue weighted by Gasteiger charge is 2.16. The van der Waals surface area contributed by atoms with Gasteiger partial charge >= 0.3 is 0 Å². The molecular formula is C19H12Cl2N2O2S. The number of halogens is 2. The Morgan fingerprint density at radius 3 is 2.85 bits per heavy atom. The van der Waals surface area contributed by atoms with E-state index in [9.17, 15) is 4.79 Å². The molecule has 0 fully saturated rings. The van der Waals surface area contributed by atoms with Crippen molar-refractivity contribution in [3.8, 4) is 11.3 Å². The number of furan rings is 1. The second kappa shape index (κ2) is 6.76. The fourth-order valence-corrected chi connectivity index (χ4v) is 3.90. The maximum atomic E-state index is 12.5. The van der Waals surface area contributed by atoms with Crippen molar-refractivity contribution < 1.29 is 9.21 Å². The van der Waals surface area contributed by atoms with Crippen LogP contribution < -0.4 is 5.32 Å². The largest absolute Gasteiger partial charge is 0.451 e. The number of carbonyl (C=O) groups excluding carboxylic acids is 1. The Balaban J connectivity index is 1.58. The number of aryl methyl sites for hydroxylation is 1. The van der Waals surface area contributed by atoms with Gasteiger partial charge in [-0.15, -0.1) is 0 Å². The number of carbonyl (C=O) groups is 1. The maximum absolute atomic E-state index is 12.5. The van der Waals surface area contributed by atoms with Crippen LogP contribution in [0.1, 0.15) is 16.1 Å². The van der Waals surface area contributed by atoms with Crippen LogP contribution in [0.25, 0.3) is 21.5 Å². The van der Waals surface area contributed by atoms with Crippen LogP contribution in [0.15, 0.2) is 52.9 Å². The fourth-order valence-electron chi connectivity index (χ4n) is 2.54. The highest BCUT2D eigenvalue weighted by Crippen LogP contribution is 2.34. The van der Waals surface area contributed by atoms with Crippen LogP contribution in [0.2, 0.25) is 10.0 Å². The van der Waals surface area contributed by atoms with E-state index in [-0.39, 0.29) is 11.7 Å². The molecule has 0 aliphatic heterocycles. The summed E-state index contributed by atoms with van der Waals surface area (Å²) in [6, 6.07) is 14.5. The highest BCUT2D eigenvalue weighted by atomic mass is 35.5. The van der Waals surface area contributed by atoms with Crippen molar-refractivity contribution in [2.45, 2.75) is 6.92 Å². The number of fused-ring (bicyclic) bond motifs is 1. The van der Waals surface area contributed by atoms with Crippen LogP contribution in [0.5, 0.6) is 0 Å². The van der Waals surface area contributed by atoms with E-state index in [2.05, 4.69) is 10.3 Å². The third kappa shape index (κ3) is 3.21. The Morgan fingerprint density at radius 2 is 2.00 bits per heavy atom. The molecule has 0 radical (unpaired) electrons. The Kier molecular flexibility index (Phi) is 4.44. The molecule has 0 aliphatic carbocycles. The number of amides is 1. The SMILES string of the molecule is Cc1ccc2nc(NC(=O)c3ccc(-c4cccc(Cl)c4Cl)o3)sc2c1. The molecule has 4 rings (SSSR count). The van der Waals surface area contributed by atoms with Crippen molar-refractivity contribution in [1.82, 2.24) is 4.98 Å². The van der Waals surface area contributed by atoms with E-state index in [0.717, 1.165) is 15.8 Å². The van der Waals surface area contributed by atoms with Crippen LogP contribution in [-0.4, -0.2) is 10.9 Å². The first-order valence-corrected chi connectivity index (χ1v) is 9.31. The zero-order valence-corrected chi connectivity index (χ0v) is 15.9. The quantitative estimate of drug-likeness (QED) is 0.429. The standard InChI is InChI=1S/C19H12Cl2N2O2S/c1-10-5-6-13-16(9-10)26-19(22-13)23-18(24)15-8-7-14(25-15)11-3-2-4-12(20)17(11)21/h2-9H,1H3,(H,22,23,24). The fraction of sp³-hybridized carbons (Fsp3) is 0.0526. The van der Waals surface area contributed by atoms with Gasteiger partial charge in [-0.25, -0.2) is 4.98 Å². The van der Waals surface area contributed by atoms with Crippen LogP contribution in [0.4, 0.5) is 5.13 Å². The van der Waals surface area contributed by atoms with Gasteiger partial charge in [-0.3, -0.25) is 10.1 Å². The summed E-state index contributed by atoms with van der Waals surface area (Å²) in [4.78, 5) is 16.9. The smallest absolute Gasteiger partial charge is 0.293 e. The van der Waals surface area contributed by atoms with Crippen molar-refractivity contribution in [2.75, 3.05) is 5.32 Å². The summed E-state index contributed by atoms with van der Waals surface area (Å²) in [6.45, 7) is 2.02. The van der Waals surface area contributed by atoms with E-state index in [1.807, 2.05) is 25.1 Å². The van der Waals surface area contributed by atoms with E-state index >= 15 is 0 Å². The highest BCUT2D eigenvalue weighted by molar-refractivity contribution is 7.22. The first-order chi connectivity index (χ1) is 12.5. The van der Waals surface area contributed by atoms with Crippen molar-refractivity contribution in [3.05, 3.63) is 69.9 Å². The molecule has 0 unspecified atom stereocenters.